The van der Waals surface area contributed by atoms with Gasteiger partial charge in [-0.2, -0.15) is 5.10 Å². The van der Waals surface area contributed by atoms with E-state index in [9.17, 15) is 9.90 Å². The molecule has 0 bridgehead atoms. The topological polar surface area (TPSA) is 87.0 Å². The van der Waals surface area contributed by atoms with Crippen LogP contribution in [-0.4, -0.2) is 48.4 Å². The largest absolute Gasteiger partial charge is 0.394 e. The van der Waals surface area contributed by atoms with Crippen LogP contribution in [0.15, 0.2) is 41.3 Å². The third kappa shape index (κ3) is 2.75. The van der Waals surface area contributed by atoms with Crippen molar-refractivity contribution in [3.05, 3.63) is 52.7 Å². The van der Waals surface area contributed by atoms with Crippen molar-refractivity contribution in [3.8, 4) is 5.69 Å². The number of nitrogens with one attached hydrogen (secondary N) is 1. The molecule has 3 heterocycles. The molecule has 1 fully saturated rings. The van der Waals surface area contributed by atoms with E-state index in [1.54, 1.807) is 10.9 Å². The third-order valence-electron chi connectivity index (χ3n) is 5.08. The molecule has 0 aliphatic carbocycles. The van der Waals surface area contributed by atoms with Crippen LogP contribution in [0.2, 0.25) is 0 Å². The fourth-order valence-corrected chi connectivity index (χ4v) is 3.51. The Morgan fingerprint density at radius 3 is 2.88 bits per heavy atom. The lowest BCUT2D eigenvalue weighted by molar-refractivity contribution is 0.0714. The molecule has 25 heavy (non-hydrogen) atoms. The number of aliphatic hydroxyl groups excluding tert-OH is 1. The van der Waals surface area contributed by atoms with Crippen LogP contribution in [0.4, 0.5) is 0 Å². The van der Waals surface area contributed by atoms with E-state index in [4.69, 9.17) is 0 Å². The molecule has 4 rings (SSSR count). The maximum atomic E-state index is 12.4. The summed E-state index contributed by atoms with van der Waals surface area (Å²) in [7, 11) is 0. The van der Waals surface area contributed by atoms with E-state index in [2.05, 4.69) is 20.0 Å². The number of benzene rings is 1. The summed E-state index contributed by atoms with van der Waals surface area (Å²) in [4.78, 5) is 22.1. The first kappa shape index (κ1) is 16.0. The van der Waals surface area contributed by atoms with Crippen LogP contribution >= 0.6 is 0 Å². The van der Waals surface area contributed by atoms with Gasteiger partial charge < -0.3 is 10.1 Å². The first-order valence-corrected chi connectivity index (χ1v) is 8.49. The monoisotopic (exact) mass is 339 g/mol. The molecule has 0 radical (unpaired) electrons. The number of aliphatic hydroxyl groups is 1. The van der Waals surface area contributed by atoms with E-state index in [1.165, 1.54) is 0 Å². The fraction of sp³-hybridized carbons (Fsp3) is 0.389. The van der Waals surface area contributed by atoms with Gasteiger partial charge in [-0.05, 0) is 38.4 Å². The van der Waals surface area contributed by atoms with E-state index < -0.39 is 0 Å². The SMILES string of the molecule is CC1(CO)CCCN1Cc1nc2c(cnn2-c2ccccc2)c(=O)[nH]1. The molecule has 2 aromatic heterocycles. The minimum Gasteiger partial charge on any atom is -0.394 e. The number of aromatic amines is 1. The molecule has 0 spiro atoms. The minimum absolute atomic E-state index is 0.0986. The standard InChI is InChI=1S/C18H21N5O2/c1-18(12-24)8-5-9-22(18)11-15-20-16-14(17(25)21-15)10-19-23(16)13-6-3-2-4-7-13/h2-4,6-7,10,24H,5,8-9,11-12H2,1H3,(H,20,21,25). The zero-order chi connectivity index (χ0) is 17.4. The highest BCUT2D eigenvalue weighted by molar-refractivity contribution is 5.75. The van der Waals surface area contributed by atoms with Gasteiger partial charge in [0.2, 0.25) is 0 Å². The van der Waals surface area contributed by atoms with Gasteiger partial charge in [-0.1, -0.05) is 18.2 Å². The van der Waals surface area contributed by atoms with Crippen LogP contribution < -0.4 is 5.56 Å². The number of para-hydroxylation sites is 1. The zero-order valence-corrected chi connectivity index (χ0v) is 14.1. The second kappa shape index (κ2) is 6.09. The maximum absolute atomic E-state index is 12.4. The van der Waals surface area contributed by atoms with E-state index in [0.717, 1.165) is 25.1 Å². The average Bonchev–Trinajstić information content (AvgIpc) is 3.21. The van der Waals surface area contributed by atoms with Crippen molar-refractivity contribution in [3.63, 3.8) is 0 Å². The summed E-state index contributed by atoms with van der Waals surface area (Å²) in [5.41, 5.74) is 0.970. The summed E-state index contributed by atoms with van der Waals surface area (Å²) in [5.74, 6) is 0.594. The molecule has 1 aliphatic heterocycles. The van der Waals surface area contributed by atoms with Gasteiger partial charge in [0.15, 0.2) is 5.65 Å². The van der Waals surface area contributed by atoms with Crippen molar-refractivity contribution in [2.24, 2.45) is 0 Å². The summed E-state index contributed by atoms with van der Waals surface area (Å²) in [5, 5.41) is 14.5. The Balaban J connectivity index is 1.75. The molecular formula is C18H21N5O2. The quantitative estimate of drug-likeness (QED) is 0.751. The second-order valence-corrected chi connectivity index (χ2v) is 6.82. The van der Waals surface area contributed by atoms with Gasteiger partial charge in [0.1, 0.15) is 11.2 Å². The average molecular weight is 339 g/mol. The molecule has 1 unspecified atom stereocenters. The minimum atomic E-state index is -0.257. The van der Waals surface area contributed by atoms with Crippen molar-refractivity contribution < 1.29 is 5.11 Å². The number of aromatic nitrogens is 4. The molecule has 7 nitrogen and oxygen atoms in total. The lowest BCUT2D eigenvalue weighted by Gasteiger charge is -2.32. The van der Waals surface area contributed by atoms with Crippen molar-refractivity contribution in [1.82, 2.24) is 24.6 Å². The fourth-order valence-electron chi connectivity index (χ4n) is 3.51. The Morgan fingerprint density at radius 1 is 1.32 bits per heavy atom. The van der Waals surface area contributed by atoms with E-state index in [-0.39, 0.29) is 17.7 Å². The highest BCUT2D eigenvalue weighted by Gasteiger charge is 2.36. The molecule has 7 heteroatoms. The van der Waals surface area contributed by atoms with Crippen molar-refractivity contribution in [2.75, 3.05) is 13.2 Å². The highest BCUT2D eigenvalue weighted by Crippen LogP contribution is 2.29. The van der Waals surface area contributed by atoms with Gasteiger partial charge in [-0.15, -0.1) is 0 Å². The molecule has 2 N–H and O–H groups in total. The maximum Gasteiger partial charge on any atom is 0.262 e. The highest BCUT2D eigenvalue weighted by atomic mass is 16.3. The van der Waals surface area contributed by atoms with Crippen molar-refractivity contribution in [2.45, 2.75) is 31.8 Å². The van der Waals surface area contributed by atoms with Crippen molar-refractivity contribution in [1.29, 1.82) is 0 Å². The van der Waals surface area contributed by atoms with Crippen molar-refractivity contribution >= 4 is 11.0 Å². The first-order chi connectivity index (χ1) is 12.1. The number of hydrogen-bond donors (Lipinski definition) is 2. The number of H-pyrrole nitrogens is 1. The molecule has 1 aliphatic rings. The Morgan fingerprint density at radius 2 is 2.12 bits per heavy atom. The molecular weight excluding hydrogens is 318 g/mol. The number of nitrogens with zero attached hydrogens (tertiary/aromatic N) is 4. The van der Waals surface area contributed by atoms with Crippen LogP contribution in [0.5, 0.6) is 0 Å². The molecule has 0 saturated carbocycles. The van der Waals surface area contributed by atoms with Gasteiger partial charge in [-0.25, -0.2) is 9.67 Å². The van der Waals surface area contributed by atoms with Crippen LogP contribution in [0, 0.1) is 0 Å². The number of fused-ring (bicyclic) bond motifs is 1. The van der Waals surface area contributed by atoms with Gasteiger partial charge in [-0.3, -0.25) is 9.69 Å². The molecule has 3 aromatic rings. The molecule has 1 saturated heterocycles. The Bertz CT molecular complexity index is 949. The summed E-state index contributed by atoms with van der Waals surface area (Å²) in [6, 6.07) is 9.64. The first-order valence-electron chi connectivity index (χ1n) is 8.49. The van der Waals surface area contributed by atoms with Crippen LogP contribution in [0.25, 0.3) is 16.7 Å². The van der Waals surface area contributed by atoms with Gasteiger partial charge in [0.05, 0.1) is 25.0 Å². The molecule has 1 atom stereocenters. The Kier molecular flexibility index (Phi) is 3.89. The summed E-state index contributed by atoms with van der Waals surface area (Å²) >= 11 is 0. The molecule has 0 amide bonds. The van der Waals surface area contributed by atoms with E-state index >= 15 is 0 Å². The lowest BCUT2D eigenvalue weighted by atomic mass is 10.0. The predicted octanol–water partition coefficient (Wildman–Crippen LogP) is 1.46. The smallest absolute Gasteiger partial charge is 0.262 e. The summed E-state index contributed by atoms with van der Waals surface area (Å²) in [6.07, 6.45) is 3.52. The van der Waals surface area contributed by atoms with E-state index in [0.29, 0.717) is 23.4 Å². The second-order valence-electron chi connectivity index (χ2n) is 6.82. The van der Waals surface area contributed by atoms with E-state index in [1.807, 2.05) is 37.3 Å². The number of hydrogen-bond acceptors (Lipinski definition) is 5. The van der Waals surface area contributed by atoms with Crippen LogP contribution in [0.3, 0.4) is 0 Å². The normalized spacial score (nSPS) is 21.2. The summed E-state index contributed by atoms with van der Waals surface area (Å²) in [6.45, 7) is 3.53. The van der Waals surface area contributed by atoms with Gasteiger partial charge >= 0.3 is 0 Å². The number of likely N-dealkylation sites (tertiary alicyclic amines) is 1. The molecule has 1 aromatic carbocycles. The van der Waals surface area contributed by atoms with Gasteiger partial charge in [0.25, 0.3) is 5.56 Å². The van der Waals surface area contributed by atoms with Gasteiger partial charge in [0, 0.05) is 5.54 Å². The lowest BCUT2D eigenvalue weighted by Crippen LogP contribution is -2.44. The van der Waals surface area contributed by atoms with Crippen LogP contribution in [0.1, 0.15) is 25.6 Å². The third-order valence-corrected chi connectivity index (χ3v) is 5.08. The number of rotatable bonds is 4. The summed E-state index contributed by atoms with van der Waals surface area (Å²) < 4.78 is 1.68. The zero-order valence-electron chi connectivity index (χ0n) is 14.1. The van der Waals surface area contributed by atoms with Crippen LogP contribution in [-0.2, 0) is 6.54 Å². The molecule has 130 valence electrons. The Labute approximate surface area is 144 Å². The Hall–Kier alpha value is -2.51. The predicted molar refractivity (Wildman–Crippen MR) is 94.6 cm³/mol.